The lowest BCUT2D eigenvalue weighted by Crippen LogP contribution is -2.00. The van der Waals surface area contributed by atoms with E-state index in [1.165, 1.54) is 0 Å². The van der Waals surface area contributed by atoms with E-state index in [4.69, 9.17) is 0 Å². The van der Waals surface area contributed by atoms with E-state index in [1.807, 2.05) is 39.2 Å². The van der Waals surface area contributed by atoms with E-state index in [1.54, 1.807) is 6.20 Å². The van der Waals surface area contributed by atoms with E-state index >= 15 is 0 Å². The smallest absolute Gasteiger partial charge is 0.223 e. The first-order valence-electron chi connectivity index (χ1n) is 5.15. The van der Waals surface area contributed by atoms with E-state index in [0.29, 0.717) is 5.95 Å². The second-order valence-corrected chi connectivity index (χ2v) is 3.66. The number of nitrogens with one attached hydrogen (secondary N) is 1. The standard InChI is InChI=1S/C12H14N4/c1-8-4-5-14-7-10(8)11-6-9(2)15-12(13-3)16-11/h4-7H,1-3H3,(H,13,15,16). The van der Waals surface area contributed by atoms with E-state index in [0.717, 1.165) is 22.5 Å². The molecular formula is C12H14N4. The molecule has 0 bridgehead atoms. The Bertz CT molecular complexity index is 508. The third-order valence-corrected chi connectivity index (χ3v) is 2.39. The van der Waals surface area contributed by atoms with E-state index in [9.17, 15) is 0 Å². The molecule has 0 spiro atoms. The van der Waals surface area contributed by atoms with Crippen LogP contribution in [-0.2, 0) is 0 Å². The third-order valence-electron chi connectivity index (χ3n) is 2.39. The first-order valence-corrected chi connectivity index (χ1v) is 5.15. The summed E-state index contributed by atoms with van der Waals surface area (Å²) in [7, 11) is 1.81. The predicted octanol–water partition coefficient (Wildman–Crippen LogP) is 2.20. The molecule has 0 aliphatic carbocycles. The number of hydrogen-bond donors (Lipinski definition) is 1. The number of aromatic nitrogens is 3. The number of pyridine rings is 1. The minimum Gasteiger partial charge on any atom is -0.357 e. The van der Waals surface area contributed by atoms with Gasteiger partial charge in [-0.15, -0.1) is 0 Å². The van der Waals surface area contributed by atoms with Crippen LogP contribution >= 0.6 is 0 Å². The van der Waals surface area contributed by atoms with Crippen LogP contribution in [0.3, 0.4) is 0 Å². The molecule has 16 heavy (non-hydrogen) atoms. The van der Waals surface area contributed by atoms with Crippen LogP contribution in [0.25, 0.3) is 11.3 Å². The van der Waals surface area contributed by atoms with Gasteiger partial charge in [0.1, 0.15) is 0 Å². The SMILES string of the molecule is CNc1nc(C)cc(-c2cnccc2C)n1. The summed E-state index contributed by atoms with van der Waals surface area (Å²) in [6.07, 6.45) is 3.61. The summed E-state index contributed by atoms with van der Waals surface area (Å²) in [4.78, 5) is 12.8. The number of aryl methyl sites for hydroxylation is 2. The quantitative estimate of drug-likeness (QED) is 0.832. The van der Waals surface area contributed by atoms with Crippen LogP contribution in [0.4, 0.5) is 5.95 Å². The Balaban J connectivity index is 2.56. The normalized spacial score (nSPS) is 10.2. The van der Waals surface area contributed by atoms with Crippen LogP contribution in [0.15, 0.2) is 24.5 Å². The monoisotopic (exact) mass is 214 g/mol. The zero-order valence-electron chi connectivity index (χ0n) is 9.65. The van der Waals surface area contributed by atoms with Crippen LogP contribution in [0.2, 0.25) is 0 Å². The minimum absolute atomic E-state index is 0.637. The van der Waals surface area contributed by atoms with Crippen LogP contribution < -0.4 is 5.32 Å². The summed E-state index contributed by atoms with van der Waals surface area (Å²) in [5.41, 5.74) is 4.06. The van der Waals surface area contributed by atoms with Gasteiger partial charge in [-0.05, 0) is 31.5 Å². The van der Waals surface area contributed by atoms with Gasteiger partial charge in [-0.1, -0.05) is 0 Å². The maximum absolute atomic E-state index is 4.42. The number of anilines is 1. The van der Waals surface area contributed by atoms with Crippen molar-refractivity contribution in [3.63, 3.8) is 0 Å². The average Bonchev–Trinajstić information content (AvgIpc) is 2.28. The fraction of sp³-hybridized carbons (Fsp3) is 0.250. The average molecular weight is 214 g/mol. The van der Waals surface area contributed by atoms with Crippen molar-refractivity contribution in [2.75, 3.05) is 12.4 Å². The van der Waals surface area contributed by atoms with Gasteiger partial charge < -0.3 is 5.32 Å². The highest BCUT2D eigenvalue weighted by molar-refractivity contribution is 5.63. The summed E-state index contributed by atoms with van der Waals surface area (Å²) in [5.74, 6) is 0.637. The molecular weight excluding hydrogens is 200 g/mol. The molecule has 2 rings (SSSR count). The Hall–Kier alpha value is -1.97. The second-order valence-electron chi connectivity index (χ2n) is 3.66. The van der Waals surface area contributed by atoms with Gasteiger partial charge in [0.2, 0.25) is 5.95 Å². The highest BCUT2D eigenvalue weighted by atomic mass is 15.1. The van der Waals surface area contributed by atoms with Crippen LogP contribution in [0.5, 0.6) is 0 Å². The lowest BCUT2D eigenvalue weighted by Gasteiger charge is -2.07. The molecule has 2 aromatic rings. The summed E-state index contributed by atoms with van der Waals surface area (Å²) >= 11 is 0. The first kappa shape index (κ1) is 10.5. The fourth-order valence-electron chi connectivity index (χ4n) is 1.55. The minimum atomic E-state index is 0.637. The molecule has 0 aliphatic rings. The number of rotatable bonds is 2. The van der Waals surface area contributed by atoms with Crippen molar-refractivity contribution >= 4 is 5.95 Å². The van der Waals surface area contributed by atoms with Crippen LogP contribution in [-0.4, -0.2) is 22.0 Å². The number of nitrogens with zero attached hydrogens (tertiary/aromatic N) is 3. The van der Waals surface area contributed by atoms with Crippen molar-refractivity contribution in [1.82, 2.24) is 15.0 Å². The molecule has 2 aromatic heterocycles. The maximum atomic E-state index is 4.42. The lowest BCUT2D eigenvalue weighted by molar-refractivity contribution is 1.09. The van der Waals surface area contributed by atoms with Gasteiger partial charge in [0.25, 0.3) is 0 Å². The number of hydrogen-bond acceptors (Lipinski definition) is 4. The fourth-order valence-corrected chi connectivity index (χ4v) is 1.55. The Labute approximate surface area is 94.8 Å². The van der Waals surface area contributed by atoms with Gasteiger partial charge in [-0.3, -0.25) is 4.98 Å². The van der Waals surface area contributed by atoms with Gasteiger partial charge in [0.15, 0.2) is 0 Å². The summed E-state index contributed by atoms with van der Waals surface area (Å²) in [6, 6.07) is 3.94. The van der Waals surface area contributed by atoms with Crippen LogP contribution in [0, 0.1) is 13.8 Å². The molecule has 2 heterocycles. The van der Waals surface area contributed by atoms with Crippen molar-refractivity contribution in [2.24, 2.45) is 0 Å². The van der Waals surface area contributed by atoms with Crippen LogP contribution in [0.1, 0.15) is 11.3 Å². The molecule has 4 nitrogen and oxygen atoms in total. The highest BCUT2D eigenvalue weighted by Crippen LogP contribution is 2.21. The zero-order chi connectivity index (χ0) is 11.5. The molecule has 0 unspecified atom stereocenters. The van der Waals surface area contributed by atoms with Gasteiger partial charge in [-0.25, -0.2) is 9.97 Å². The second kappa shape index (κ2) is 4.26. The Morgan fingerprint density at radius 3 is 2.69 bits per heavy atom. The molecule has 4 heteroatoms. The van der Waals surface area contributed by atoms with Gasteiger partial charge in [-0.2, -0.15) is 0 Å². The van der Waals surface area contributed by atoms with Gasteiger partial charge in [0.05, 0.1) is 5.69 Å². The molecule has 0 aliphatic heterocycles. The maximum Gasteiger partial charge on any atom is 0.223 e. The molecule has 0 radical (unpaired) electrons. The molecule has 82 valence electrons. The summed E-state index contributed by atoms with van der Waals surface area (Å²) < 4.78 is 0. The van der Waals surface area contributed by atoms with Gasteiger partial charge in [0, 0.05) is 30.7 Å². The molecule has 0 atom stereocenters. The lowest BCUT2D eigenvalue weighted by atomic mass is 10.1. The van der Waals surface area contributed by atoms with Crippen molar-refractivity contribution in [3.8, 4) is 11.3 Å². The Kier molecular flexibility index (Phi) is 2.81. The van der Waals surface area contributed by atoms with Crippen molar-refractivity contribution in [1.29, 1.82) is 0 Å². The van der Waals surface area contributed by atoms with E-state index in [-0.39, 0.29) is 0 Å². The zero-order valence-corrected chi connectivity index (χ0v) is 9.65. The Morgan fingerprint density at radius 1 is 1.19 bits per heavy atom. The Morgan fingerprint density at radius 2 is 2.00 bits per heavy atom. The molecule has 0 fully saturated rings. The predicted molar refractivity (Wildman–Crippen MR) is 64.3 cm³/mol. The summed E-state index contributed by atoms with van der Waals surface area (Å²) in [5, 5.41) is 2.95. The third kappa shape index (κ3) is 2.00. The van der Waals surface area contributed by atoms with Crippen molar-refractivity contribution in [3.05, 3.63) is 35.8 Å². The van der Waals surface area contributed by atoms with E-state index in [2.05, 4.69) is 20.3 Å². The largest absolute Gasteiger partial charge is 0.357 e. The molecule has 0 saturated carbocycles. The molecule has 0 aromatic carbocycles. The highest BCUT2D eigenvalue weighted by Gasteiger charge is 2.06. The molecule has 0 saturated heterocycles. The molecule has 1 N–H and O–H groups in total. The summed E-state index contributed by atoms with van der Waals surface area (Å²) in [6.45, 7) is 4.01. The van der Waals surface area contributed by atoms with Crippen molar-refractivity contribution < 1.29 is 0 Å². The first-order chi connectivity index (χ1) is 7.70. The topological polar surface area (TPSA) is 50.7 Å². The van der Waals surface area contributed by atoms with Gasteiger partial charge >= 0.3 is 0 Å². The van der Waals surface area contributed by atoms with Crippen molar-refractivity contribution in [2.45, 2.75) is 13.8 Å². The van der Waals surface area contributed by atoms with E-state index < -0.39 is 0 Å². The molecule has 0 amide bonds.